The van der Waals surface area contributed by atoms with Gasteiger partial charge in [0.2, 0.25) is 0 Å². The first-order chi connectivity index (χ1) is 10.6. The molecule has 5 heteroatoms. The minimum absolute atomic E-state index is 0.0627. The fraction of sp³-hybridized carbons (Fsp3) is 0.588. The molecule has 2 bridgehead atoms. The van der Waals surface area contributed by atoms with Crippen LogP contribution in [0, 0.1) is 12.8 Å². The SMILES string of the molecule is COc1ccc(C)cc1C(=O)N1C[C@@H]2COC[C@H](C1)N(C)C2. The van der Waals surface area contributed by atoms with Gasteiger partial charge in [0.25, 0.3) is 5.91 Å². The van der Waals surface area contributed by atoms with Gasteiger partial charge in [-0.15, -0.1) is 0 Å². The number of hydrogen-bond donors (Lipinski definition) is 0. The number of likely N-dealkylation sites (N-methyl/N-ethyl adjacent to an activating group) is 1. The van der Waals surface area contributed by atoms with E-state index in [4.69, 9.17) is 9.47 Å². The number of aryl methyl sites for hydroxylation is 1. The van der Waals surface area contributed by atoms with Crippen molar-refractivity contribution in [3.8, 4) is 5.75 Å². The summed E-state index contributed by atoms with van der Waals surface area (Å²) in [4.78, 5) is 17.3. The van der Waals surface area contributed by atoms with Crippen LogP contribution in [-0.2, 0) is 4.74 Å². The van der Waals surface area contributed by atoms with Gasteiger partial charge >= 0.3 is 0 Å². The molecule has 5 nitrogen and oxygen atoms in total. The highest BCUT2D eigenvalue weighted by atomic mass is 16.5. The molecule has 0 aliphatic carbocycles. The zero-order chi connectivity index (χ0) is 15.7. The van der Waals surface area contributed by atoms with Gasteiger partial charge in [-0.1, -0.05) is 11.6 Å². The molecule has 2 saturated heterocycles. The van der Waals surface area contributed by atoms with E-state index < -0.39 is 0 Å². The summed E-state index contributed by atoms with van der Waals surface area (Å²) in [6.45, 7) is 5.87. The number of ether oxygens (including phenoxy) is 2. The van der Waals surface area contributed by atoms with E-state index in [-0.39, 0.29) is 11.9 Å². The number of amides is 1. The number of hydrogen-bond acceptors (Lipinski definition) is 4. The minimum atomic E-state index is 0.0627. The van der Waals surface area contributed by atoms with E-state index in [1.54, 1.807) is 7.11 Å². The quantitative estimate of drug-likeness (QED) is 0.828. The zero-order valence-electron chi connectivity index (χ0n) is 13.5. The summed E-state index contributed by atoms with van der Waals surface area (Å²) >= 11 is 0. The monoisotopic (exact) mass is 304 g/mol. The topological polar surface area (TPSA) is 42.0 Å². The van der Waals surface area contributed by atoms with Gasteiger partial charge in [0.15, 0.2) is 0 Å². The fourth-order valence-corrected chi connectivity index (χ4v) is 3.38. The number of rotatable bonds is 2. The average molecular weight is 304 g/mol. The van der Waals surface area contributed by atoms with Crippen LogP contribution in [0.15, 0.2) is 18.2 Å². The molecular formula is C17H24N2O3. The highest BCUT2D eigenvalue weighted by molar-refractivity contribution is 5.97. The lowest BCUT2D eigenvalue weighted by molar-refractivity contribution is 0.0432. The van der Waals surface area contributed by atoms with Gasteiger partial charge in [-0.2, -0.15) is 0 Å². The molecule has 1 amide bonds. The van der Waals surface area contributed by atoms with Crippen molar-refractivity contribution in [3.05, 3.63) is 29.3 Å². The molecule has 0 N–H and O–H groups in total. The molecule has 0 aromatic heterocycles. The molecule has 2 atom stereocenters. The van der Waals surface area contributed by atoms with Gasteiger partial charge in [0, 0.05) is 25.6 Å². The van der Waals surface area contributed by atoms with E-state index in [0.717, 1.165) is 25.3 Å². The molecule has 2 heterocycles. The third kappa shape index (κ3) is 2.96. The second-order valence-corrected chi connectivity index (χ2v) is 6.41. The van der Waals surface area contributed by atoms with E-state index in [1.165, 1.54) is 0 Å². The van der Waals surface area contributed by atoms with Gasteiger partial charge in [-0.25, -0.2) is 0 Å². The second-order valence-electron chi connectivity index (χ2n) is 6.41. The molecule has 0 saturated carbocycles. The molecule has 0 spiro atoms. The third-order valence-electron chi connectivity index (χ3n) is 4.62. The summed E-state index contributed by atoms with van der Waals surface area (Å²) in [6.07, 6.45) is 0. The Kier molecular flexibility index (Phi) is 4.36. The van der Waals surface area contributed by atoms with Crippen molar-refractivity contribution < 1.29 is 14.3 Å². The normalized spacial score (nSPS) is 25.7. The van der Waals surface area contributed by atoms with Crippen LogP contribution in [0.1, 0.15) is 15.9 Å². The molecule has 3 rings (SSSR count). The van der Waals surface area contributed by atoms with Crippen LogP contribution in [0.25, 0.3) is 0 Å². The zero-order valence-corrected chi connectivity index (χ0v) is 13.5. The summed E-state index contributed by atoms with van der Waals surface area (Å²) in [5.41, 5.74) is 1.73. The fourth-order valence-electron chi connectivity index (χ4n) is 3.38. The molecule has 0 unspecified atom stereocenters. The molecule has 2 aliphatic rings. The smallest absolute Gasteiger partial charge is 0.257 e. The van der Waals surface area contributed by atoms with Crippen molar-refractivity contribution in [2.24, 2.45) is 5.92 Å². The first-order valence-corrected chi connectivity index (χ1v) is 7.80. The Bertz CT molecular complexity index is 561. The Morgan fingerprint density at radius 1 is 1.27 bits per heavy atom. The Labute approximate surface area is 131 Å². The van der Waals surface area contributed by atoms with Crippen molar-refractivity contribution in [2.45, 2.75) is 13.0 Å². The van der Waals surface area contributed by atoms with Crippen LogP contribution in [0.5, 0.6) is 5.75 Å². The van der Waals surface area contributed by atoms with E-state index in [0.29, 0.717) is 30.4 Å². The average Bonchev–Trinajstić information content (AvgIpc) is 2.75. The molecule has 1 aromatic carbocycles. The van der Waals surface area contributed by atoms with Crippen molar-refractivity contribution in [1.82, 2.24) is 9.80 Å². The Balaban J connectivity index is 1.87. The van der Waals surface area contributed by atoms with E-state index in [1.807, 2.05) is 30.0 Å². The molecule has 2 fully saturated rings. The number of carbonyl (C=O) groups is 1. The minimum Gasteiger partial charge on any atom is -0.496 e. The van der Waals surface area contributed by atoms with E-state index in [2.05, 4.69) is 11.9 Å². The molecule has 2 aliphatic heterocycles. The van der Waals surface area contributed by atoms with Crippen LogP contribution in [-0.4, -0.2) is 68.8 Å². The largest absolute Gasteiger partial charge is 0.496 e. The number of methoxy groups -OCH3 is 1. The lowest BCUT2D eigenvalue weighted by Gasteiger charge is -2.30. The van der Waals surface area contributed by atoms with Crippen LogP contribution in [0.4, 0.5) is 0 Å². The predicted octanol–water partition coefficient (Wildman–Crippen LogP) is 1.41. The maximum atomic E-state index is 13.0. The van der Waals surface area contributed by atoms with Crippen molar-refractivity contribution >= 4 is 5.91 Å². The van der Waals surface area contributed by atoms with Gasteiger partial charge in [-0.05, 0) is 26.1 Å². The van der Waals surface area contributed by atoms with Crippen molar-refractivity contribution in [1.29, 1.82) is 0 Å². The molecule has 1 aromatic rings. The highest BCUT2D eigenvalue weighted by Gasteiger charge is 2.34. The maximum Gasteiger partial charge on any atom is 0.257 e. The Morgan fingerprint density at radius 2 is 2.09 bits per heavy atom. The number of nitrogens with zero attached hydrogens (tertiary/aromatic N) is 2. The van der Waals surface area contributed by atoms with Crippen LogP contribution in [0.3, 0.4) is 0 Å². The van der Waals surface area contributed by atoms with E-state index in [9.17, 15) is 4.79 Å². The molecule has 120 valence electrons. The van der Waals surface area contributed by atoms with Gasteiger partial charge in [-0.3, -0.25) is 9.69 Å². The standard InChI is InChI=1S/C17H24N2O3/c1-12-4-5-16(21-3)15(6-12)17(20)19-8-13-7-18(2)14(9-19)11-22-10-13/h4-6,13-14H,7-11H2,1-3H3/t13-,14+/m1/s1. The number of fused-ring (bicyclic) bond motifs is 3. The van der Waals surface area contributed by atoms with Crippen molar-refractivity contribution in [2.75, 3.05) is 47.0 Å². The second kappa shape index (κ2) is 6.26. The van der Waals surface area contributed by atoms with Gasteiger partial charge in [0.05, 0.1) is 31.9 Å². The Hall–Kier alpha value is -1.59. The van der Waals surface area contributed by atoms with Crippen LogP contribution in [0.2, 0.25) is 0 Å². The number of carbonyl (C=O) groups excluding carboxylic acids is 1. The summed E-state index contributed by atoms with van der Waals surface area (Å²) < 4.78 is 11.1. The summed E-state index contributed by atoms with van der Waals surface area (Å²) in [6, 6.07) is 6.03. The lowest BCUT2D eigenvalue weighted by Crippen LogP contribution is -2.44. The first kappa shape index (κ1) is 15.3. The van der Waals surface area contributed by atoms with Crippen LogP contribution < -0.4 is 4.74 Å². The van der Waals surface area contributed by atoms with Gasteiger partial charge < -0.3 is 14.4 Å². The highest BCUT2D eigenvalue weighted by Crippen LogP contribution is 2.25. The molecule has 22 heavy (non-hydrogen) atoms. The first-order valence-electron chi connectivity index (χ1n) is 7.80. The van der Waals surface area contributed by atoms with Crippen LogP contribution >= 0.6 is 0 Å². The summed E-state index contributed by atoms with van der Waals surface area (Å²) in [5.74, 6) is 1.08. The lowest BCUT2D eigenvalue weighted by atomic mass is 10.1. The Morgan fingerprint density at radius 3 is 2.86 bits per heavy atom. The molecule has 0 radical (unpaired) electrons. The molecular weight excluding hydrogens is 280 g/mol. The summed E-state index contributed by atoms with van der Waals surface area (Å²) in [7, 11) is 3.73. The van der Waals surface area contributed by atoms with Crippen molar-refractivity contribution in [3.63, 3.8) is 0 Å². The maximum absolute atomic E-state index is 13.0. The summed E-state index contributed by atoms with van der Waals surface area (Å²) in [5, 5.41) is 0. The van der Waals surface area contributed by atoms with Gasteiger partial charge in [0.1, 0.15) is 5.75 Å². The number of benzene rings is 1. The predicted molar refractivity (Wildman–Crippen MR) is 84.4 cm³/mol. The third-order valence-corrected chi connectivity index (χ3v) is 4.62. The van der Waals surface area contributed by atoms with E-state index >= 15 is 0 Å².